The monoisotopic (exact) mass is 429 g/mol. The summed E-state index contributed by atoms with van der Waals surface area (Å²) in [5.41, 5.74) is 1.16. The van der Waals surface area contributed by atoms with Crippen molar-refractivity contribution in [1.29, 1.82) is 0 Å². The van der Waals surface area contributed by atoms with E-state index < -0.39 is 6.04 Å². The molecule has 0 spiro atoms. The number of carbonyl (C=O) groups is 1. The van der Waals surface area contributed by atoms with Crippen LogP contribution in [0.15, 0.2) is 56.1 Å². The van der Waals surface area contributed by atoms with E-state index in [-0.39, 0.29) is 22.8 Å². The molecule has 1 atom stereocenters. The number of aromatic hydroxyl groups is 1. The van der Waals surface area contributed by atoms with Gasteiger partial charge in [0.2, 0.25) is 5.76 Å². The minimum absolute atomic E-state index is 0.0593. The van der Waals surface area contributed by atoms with E-state index in [9.17, 15) is 14.7 Å². The summed E-state index contributed by atoms with van der Waals surface area (Å²) in [6, 6.07) is 11.0. The van der Waals surface area contributed by atoms with Crippen molar-refractivity contribution in [2.24, 2.45) is 0 Å². The van der Waals surface area contributed by atoms with Crippen molar-refractivity contribution >= 4 is 32.8 Å². The number of fused-ring (bicyclic) bond motifs is 2. The molecule has 2 aromatic carbocycles. The molecular formula is C20H16BrNO5. The number of nitrogens with zero attached hydrogens (tertiary/aromatic N) is 1. The van der Waals surface area contributed by atoms with Crippen LogP contribution in [0.1, 0.15) is 27.7 Å². The first kappa shape index (κ1) is 17.8. The van der Waals surface area contributed by atoms with Gasteiger partial charge in [0.25, 0.3) is 5.91 Å². The molecule has 0 aliphatic carbocycles. The summed E-state index contributed by atoms with van der Waals surface area (Å²) in [5, 5.41) is 10.0. The van der Waals surface area contributed by atoms with Crippen molar-refractivity contribution in [3.8, 4) is 5.75 Å². The van der Waals surface area contributed by atoms with Gasteiger partial charge in [0, 0.05) is 18.1 Å². The van der Waals surface area contributed by atoms with E-state index in [2.05, 4.69) is 15.9 Å². The van der Waals surface area contributed by atoms with Gasteiger partial charge in [0.05, 0.1) is 23.6 Å². The molecule has 1 N–H and O–H groups in total. The minimum Gasteiger partial charge on any atom is -0.508 e. The molecule has 0 fully saturated rings. The Morgan fingerprint density at radius 1 is 1.19 bits per heavy atom. The standard InChI is InChI=1S/C20H16BrNO5/c1-26-9-8-22-17(11-2-5-13(23)6-3-11)16-18(24)14-10-12(21)4-7-15(14)27-19(16)20(22)25/h2-7,10,17,23H,8-9H2,1H3. The molecule has 0 saturated carbocycles. The van der Waals surface area contributed by atoms with Crippen molar-refractivity contribution in [2.75, 3.05) is 20.3 Å². The second-order valence-corrected chi connectivity index (χ2v) is 7.22. The van der Waals surface area contributed by atoms with Crippen LogP contribution in [0.25, 0.3) is 11.0 Å². The maximum atomic E-state index is 13.2. The van der Waals surface area contributed by atoms with E-state index in [1.54, 1.807) is 42.3 Å². The molecular weight excluding hydrogens is 414 g/mol. The summed E-state index contributed by atoms with van der Waals surface area (Å²) in [6.07, 6.45) is 0. The van der Waals surface area contributed by atoms with Gasteiger partial charge in [-0.05, 0) is 35.9 Å². The second kappa shape index (κ2) is 6.83. The molecule has 0 bridgehead atoms. The molecule has 1 aliphatic heterocycles. The average Bonchev–Trinajstić information content (AvgIpc) is 2.94. The van der Waals surface area contributed by atoms with Crippen molar-refractivity contribution < 1.29 is 19.1 Å². The predicted molar refractivity (Wildman–Crippen MR) is 103 cm³/mol. The number of benzene rings is 2. The number of rotatable bonds is 4. The molecule has 2 heterocycles. The largest absolute Gasteiger partial charge is 0.508 e. The van der Waals surface area contributed by atoms with E-state index >= 15 is 0 Å². The maximum Gasteiger partial charge on any atom is 0.290 e. The van der Waals surface area contributed by atoms with Gasteiger partial charge in [-0.3, -0.25) is 9.59 Å². The summed E-state index contributed by atoms with van der Waals surface area (Å²) < 4.78 is 11.7. The highest BCUT2D eigenvalue weighted by Crippen LogP contribution is 2.38. The van der Waals surface area contributed by atoms with Crippen molar-refractivity contribution in [3.63, 3.8) is 0 Å². The fourth-order valence-corrected chi connectivity index (χ4v) is 3.78. The first-order chi connectivity index (χ1) is 13.0. The number of halogens is 1. The highest BCUT2D eigenvalue weighted by molar-refractivity contribution is 9.10. The van der Waals surface area contributed by atoms with Crippen molar-refractivity contribution in [2.45, 2.75) is 6.04 Å². The molecule has 1 amide bonds. The van der Waals surface area contributed by atoms with Crippen LogP contribution in [-0.2, 0) is 4.74 Å². The molecule has 138 valence electrons. The smallest absolute Gasteiger partial charge is 0.290 e. The Hall–Kier alpha value is -2.64. The SMILES string of the molecule is COCCN1C(=O)c2oc3ccc(Br)cc3c(=O)c2C1c1ccc(O)cc1. The number of hydrogen-bond acceptors (Lipinski definition) is 5. The van der Waals surface area contributed by atoms with Crippen molar-refractivity contribution in [3.05, 3.63) is 74.0 Å². The first-order valence-corrected chi connectivity index (χ1v) is 9.15. The van der Waals surface area contributed by atoms with Gasteiger partial charge in [-0.1, -0.05) is 28.1 Å². The lowest BCUT2D eigenvalue weighted by Gasteiger charge is -2.24. The van der Waals surface area contributed by atoms with Gasteiger partial charge in [-0.2, -0.15) is 0 Å². The number of phenolic OH excluding ortho intramolecular Hbond substituents is 1. The minimum atomic E-state index is -0.595. The van der Waals surface area contributed by atoms with Crippen LogP contribution in [0.3, 0.4) is 0 Å². The Morgan fingerprint density at radius 2 is 1.93 bits per heavy atom. The molecule has 1 aromatic heterocycles. The zero-order valence-electron chi connectivity index (χ0n) is 14.4. The summed E-state index contributed by atoms with van der Waals surface area (Å²) >= 11 is 3.37. The summed E-state index contributed by atoms with van der Waals surface area (Å²) in [4.78, 5) is 27.8. The van der Waals surface area contributed by atoms with E-state index in [1.807, 2.05) is 0 Å². The zero-order chi connectivity index (χ0) is 19.1. The number of ether oxygens (including phenoxy) is 1. The molecule has 3 aromatic rings. The molecule has 6 nitrogen and oxygen atoms in total. The highest BCUT2D eigenvalue weighted by Gasteiger charge is 2.42. The third-order valence-electron chi connectivity index (χ3n) is 4.67. The van der Waals surface area contributed by atoms with Crippen LogP contribution in [-0.4, -0.2) is 36.2 Å². The Kier molecular flexibility index (Phi) is 4.49. The first-order valence-electron chi connectivity index (χ1n) is 8.36. The number of amides is 1. The number of phenols is 1. The lowest BCUT2D eigenvalue weighted by molar-refractivity contribution is 0.0663. The van der Waals surface area contributed by atoms with E-state index in [0.29, 0.717) is 29.7 Å². The molecule has 4 rings (SSSR count). The molecule has 7 heteroatoms. The lowest BCUT2D eigenvalue weighted by Crippen LogP contribution is -2.32. The Labute approximate surface area is 163 Å². The van der Waals surface area contributed by atoms with Crippen LogP contribution >= 0.6 is 15.9 Å². The van der Waals surface area contributed by atoms with Gasteiger partial charge >= 0.3 is 0 Å². The van der Waals surface area contributed by atoms with Crippen LogP contribution < -0.4 is 5.43 Å². The van der Waals surface area contributed by atoms with E-state index in [1.165, 1.54) is 12.1 Å². The van der Waals surface area contributed by atoms with Gasteiger partial charge in [-0.25, -0.2) is 0 Å². The Morgan fingerprint density at radius 3 is 2.63 bits per heavy atom. The summed E-state index contributed by atoms with van der Waals surface area (Å²) in [6.45, 7) is 0.637. The van der Waals surface area contributed by atoms with E-state index in [4.69, 9.17) is 9.15 Å². The van der Waals surface area contributed by atoms with Crippen LogP contribution in [0.5, 0.6) is 5.75 Å². The quantitative estimate of drug-likeness (QED) is 0.686. The van der Waals surface area contributed by atoms with Gasteiger partial charge in [0.15, 0.2) is 5.43 Å². The van der Waals surface area contributed by atoms with Crippen molar-refractivity contribution in [1.82, 2.24) is 4.90 Å². The normalized spacial score (nSPS) is 16.1. The molecule has 1 unspecified atom stereocenters. The van der Waals surface area contributed by atoms with Crippen LogP contribution in [0.4, 0.5) is 0 Å². The third-order valence-corrected chi connectivity index (χ3v) is 5.17. The van der Waals surface area contributed by atoms with E-state index in [0.717, 1.165) is 10.0 Å². The third kappa shape index (κ3) is 2.93. The molecule has 27 heavy (non-hydrogen) atoms. The molecule has 0 radical (unpaired) electrons. The highest BCUT2D eigenvalue weighted by atomic mass is 79.9. The van der Waals surface area contributed by atoms with Gasteiger partial charge < -0.3 is 19.2 Å². The fourth-order valence-electron chi connectivity index (χ4n) is 3.42. The van der Waals surface area contributed by atoms with Gasteiger partial charge in [0.1, 0.15) is 11.3 Å². The van der Waals surface area contributed by atoms with Crippen LogP contribution in [0.2, 0.25) is 0 Å². The average molecular weight is 430 g/mol. The van der Waals surface area contributed by atoms with Gasteiger partial charge in [-0.15, -0.1) is 0 Å². The topological polar surface area (TPSA) is 80.0 Å². The Bertz CT molecular complexity index is 1090. The fraction of sp³-hybridized carbons (Fsp3) is 0.200. The number of carbonyl (C=O) groups excluding carboxylic acids is 1. The zero-order valence-corrected chi connectivity index (χ0v) is 16.0. The lowest BCUT2D eigenvalue weighted by atomic mass is 9.98. The summed E-state index contributed by atoms with van der Waals surface area (Å²) in [7, 11) is 1.55. The Balaban J connectivity index is 1.97. The molecule has 1 aliphatic rings. The summed E-state index contributed by atoms with van der Waals surface area (Å²) in [5.74, 6) is -0.174. The maximum absolute atomic E-state index is 13.2. The molecule has 0 saturated heterocycles. The second-order valence-electron chi connectivity index (χ2n) is 6.30. The number of methoxy groups -OCH3 is 1. The number of hydrogen-bond donors (Lipinski definition) is 1. The van der Waals surface area contributed by atoms with Crippen LogP contribution in [0, 0.1) is 0 Å². The predicted octanol–water partition coefficient (Wildman–Crippen LogP) is 3.45.